The molecule has 0 radical (unpaired) electrons. The maximum atomic E-state index is 11.1. The Kier molecular flexibility index (Phi) is 2.65. The van der Waals surface area contributed by atoms with Crippen LogP contribution in [-0.2, 0) is 9.53 Å². The van der Waals surface area contributed by atoms with Crippen LogP contribution in [0.3, 0.4) is 0 Å². The number of allylic oxidation sites excluding steroid dienone is 1. The van der Waals surface area contributed by atoms with Gasteiger partial charge in [-0.3, -0.25) is 4.79 Å². The molecule has 0 aromatic carbocycles. The third-order valence-corrected chi connectivity index (χ3v) is 1.92. The Hall–Kier alpha value is -0.670. The minimum atomic E-state index is -0.909. The molecule has 1 aliphatic heterocycles. The normalized spacial score (nSPS) is 30.6. The van der Waals surface area contributed by atoms with Gasteiger partial charge in [0, 0.05) is 6.42 Å². The lowest BCUT2D eigenvalue weighted by Crippen LogP contribution is -2.24. The van der Waals surface area contributed by atoms with E-state index in [0.29, 0.717) is 13.0 Å². The third kappa shape index (κ3) is 2.43. The molecule has 1 aliphatic rings. The predicted octanol–water partition coefficient (Wildman–Crippen LogP) is 0.671. The van der Waals surface area contributed by atoms with E-state index >= 15 is 0 Å². The molecule has 68 valence electrons. The Balaban J connectivity index is 2.37. The van der Waals surface area contributed by atoms with Crippen molar-refractivity contribution in [3.8, 4) is 0 Å². The average Bonchev–Trinajstić information content (AvgIpc) is 2.68. The minimum Gasteiger partial charge on any atom is -0.385 e. The van der Waals surface area contributed by atoms with Crippen LogP contribution in [0.1, 0.15) is 20.3 Å². The van der Waals surface area contributed by atoms with Crippen LogP contribution in [0.5, 0.6) is 0 Å². The number of aliphatic hydroxyl groups is 1. The first-order chi connectivity index (χ1) is 5.57. The van der Waals surface area contributed by atoms with Gasteiger partial charge in [-0.2, -0.15) is 0 Å². The van der Waals surface area contributed by atoms with E-state index in [1.807, 2.05) is 6.92 Å². The van der Waals surface area contributed by atoms with E-state index < -0.39 is 6.10 Å². The second-order valence-electron chi connectivity index (χ2n) is 3.36. The molecule has 1 N–H and O–H groups in total. The number of hydrogen-bond acceptors (Lipinski definition) is 3. The van der Waals surface area contributed by atoms with Crippen molar-refractivity contribution < 1.29 is 14.6 Å². The lowest BCUT2D eigenvalue weighted by molar-refractivity contribution is -0.123. The molecule has 0 aromatic rings. The molecule has 3 heteroatoms. The largest absolute Gasteiger partial charge is 0.385 e. The van der Waals surface area contributed by atoms with Gasteiger partial charge in [0.1, 0.15) is 6.10 Å². The van der Waals surface area contributed by atoms with Crippen molar-refractivity contribution in [1.82, 2.24) is 0 Å². The quantitative estimate of drug-likeness (QED) is 0.498. The molecule has 1 fully saturated rings. The Bertz CT molecular complexity index is 204. The van der Waals surface area contributed by atoms with Gasteiger partial charge in [0.2, 0.25) is 0 Å². The van der Waals surface area contributed by atoms with E-state index in [9.17, 15) is 9.90 Å². The zero-order chi connectivity index (χ0) is 9.19. The predicted molar refractivity (Wildman–Crippen MR) is 44.8 cm³/mol. The highest BCUT2D eigenvalue weighted by molar-refractivity contribution is 5.93. The SMILES string of the molecule is CC=CC(=O)C(O)CC1(C)CO1. The van der Waals surface area contributed by atoms with E-state index in [0.717, 1.165) is 0 Å². The average molecular weight is 170 g/mol. The molecule has 0 amide bonds. The Morgan fingerprint density at radius 1 is 1.83 bits per heavy atom. The van der Waals surface area contributed by atoms with Gasteiger partial charge in [0.25, 0.3) is 0 Å². The second-order valence-corrected chi connectivity index (χ2v) is 3.36. The zero-order valence-electron chi connectivity index (χ0n) is 7.41. The summed E-state index contributed by atoms with van der Waals surface area (Å²) in [7, 11) is 0. The first kappa shape index (κ1) is 9.42. The fourth-order valence-corrected chi connectivity index (χ4v) is 1.03. The Morgan fingerprint density at radius 2 is 2.42 bits per heavy atom. The summed E-state index contributed by atoms with van der Waals surface area (Å²) in [6, 6.07) is 0. The number of carbonyl (C=O) groups excluding carboxylic acids is 1. The first-order valence-corrected chi connectivity index (χ1v) is 4.06. The summed E-state index contributed by atoms with van der Waals surface area (Å²) in [5.41, 5.74) is -0.253. The molecule has 2 atom stereocenters. The van der Waals surface area contributed by atoms with E-state index in [1.54, 1.807) is 13.0 Å². The standard InChI is InChI=1S/C9H14O3/c1-3-4-7(10)8(11)5-9(2)6-12-9/h3-4,8,11H,5-6H2,1-2H3. The molecule has 1 heterocycles. The van der Waals surface area contributed by atoms with Gasteiger partial charge in [0.15, 0.2) is 5.78 Å². The number of rotatable bonds is 4. The Labute approximate surface area is 72.0 Å². The fourth-order valence-electron chi connectivity index (χ4n) is 1.03. The molecule has 0 aromatic heterocycles. The van der Waals surface area contributed by atoms with Crippen LogP contribution in [0.15, 0.2) is 12.2 Å². The number of carbonyl (C=O) groups is 1. The van der Waals surface area contributed by atoms with E-state index in [-0.39, 0.29) is 11.4 Å². The van der Waals surface area contributed by atoms with Crippen LogP contribution >= 0.6 is 0 Å². The first-order valence-electron chi connectivity index (χ1n) is 4.06. The smallest absolute Gasteiger partial charge is 0.183 e. The highest BCUT2D eigenvalue weighted by Crippen LogP contribution is 2.31. The summed E-state index contributed by atoms with van der Waals surface area (Å²) in [6.45, 7) is 4.28. The minimum absolute atomic E-state index is 0.241. The third-order valence-electron chi connectivity index (χ3n) is 1.92. The van der Waals surface area contributed by atoms with Crippen LogP contribution in [0.4, 0.5) is 0 Å². The topological polar surface area (TPSA) is 49.8 Å². The highest BCUT2D eigenvalue weighted by atomic mass is 16.6. The molecule has 12 heavy (non-hydrogen) atoms. The lowest BCUT2D eigenvalue weighted by Gasteiger charge is -2.09. The summed E-state index contributed by atoms with van der Waals surface area (Å²) < 4.78 is 5.06. The molecular weight excluding hydrogens is 156 g/mol. The second kappa shape index (κ2) is 3.37. The molecule has 0 spiro atoms. The van der Waals surface area contributed by atoms with Gasteiger partial charge in [0.05, 0.1) is 12.2 Å². The maximum Gasteiger partial charge on any atom is 0.183 e. The van der Waals surface area contributed by atoms with Crippen molar-refractivity contribution in [2.75, 3.05) is 6.61 Å². The van der Waals surface area contributed by atoms with Crippen molar-refractivity contribution in [3.63, 3.8) is 0 Å². The number of ketones is 1. The van der Waals surface area contributed by atoms with E-state index in [1.165, 1.54) is 6.08 Å². The lowest BCUT2D eigenvalue weighted by atomic mass is 10.0. The summed E-state index contributed by atoms with van der Waals surface area (Å²) >= 11 is 0. The number of aliphatic hydroxyl groups excluding tert-OH is 1. The molecule has 0 aliphatic carbocycles. The molecule has 1 rings (SSSR count). The van der Waals surface area contributed by atoms with Gasteiger partial charge < -0.3 is 9.84 Å². The Morgan fingerprint density at radius 3 is 2.83 bits per heavy atom. The van der Waals surface area contributed by atoms with Gasteiger partial charge in [-0.05, 0) is 19.9 Å². The van der Waals surface area contributed by atoms with Crippen LogP contribution in [0.25, 0.3) is 0 Å². The van der Waals surface area contributed by atoms with Gasteiger partial charge in [-0.15, -0.1) is 0 Å². The van der Waals surface area contributed by atoms with Crippen LogP contribution in [0.2, 0.25) is 0 Å². The maximum absolute atomic E-state index is 11.1. The summed E-state index contributed by atoms with van der Waals surface area (Å²) in [5.74, 6) is -0.241. The molecule has 1 saturated heterocycles. The van der Waals surface area contributed by atoms with E-state index in [4.69, 9.17) is 4.74 Å². The number of ether oxygens (including phenoxy) is 1. The van der Waals surface area contributed by atoms with Crippen molar-refractivity contribution in [2.45, 2.75) is 32.0 Å². The monoisotopic (exact) mass is 170 g/mol. The van der Waals surface area contributed by atoms with Gasteiger partial charge in [-0.25, -0.2) is 0 Å². The number of hydrogen-bond donors (Lipinski definition) is 1. The number of epoxide rings is 1. The fraction of sp³-hybridized carbons (Fsp3) is 0.667. The summed E-state index contributed by atoms with van der Waals surface area (Å²) in [4.78, 5) is 11.1. The van der Waals surface area contributed by atoms with Crippen LogP contribution in [0, 0.1) is 0 Å². The molecule has 0 bridgehead atoms. The van der Waals surface area contributed by atoms with Crippen molar-refractivity contribution in [3.05, 3.63) is 12.2 Å². The molecule has 2 unspecified atom stereocenters. The molecular formula is C9H14O3. The summed E-state index contributed by atoms with van der Waals surface area (Å²) in [6.07, 6.45) is 2.50. The van der Waals surface area contributed by atoms with Gasteiger partial charge >= 0.3 is 0 Å². The van der Waals surface area contributed by atoms with Crippen LogP contribution in [-0.4, -0.2) is 29.2 Å². The highest BCUT2D eigenvalue weighted by Gasteiger charge is 2.41. The van der Waals surface area contributed by atoms with Crippen LogP contribution < -0.4 is 0 Å². The zero-order valence-corrected chi connectivity index (χ0v) is 7.41. The van der Waals surface area contributed by atoms with Crippen molar-refractivity contribution in [1.29, 1.82) is 0 Å². The van der Waals surface area contributed by atoms with E-state index in [2.05, 4.69) is 0 Å². The van der Waals surface area contributed by atoms with Crippen molar-refractivity contribution >= 4 is 5.78 Å². The van der Waals surface area contributed by atoms with Gasteiger partial charge in [-0.1, -0.05) is 6.08 Å². The van der Waals surface area contributed by atoms with Crippen molar-refractivity contribution in [2.24, 2.45) is 0 Å². The molecule has 0 saturated carbocycles. The molecule has 3 nitrogen and oxygen atoms in total. The summed E-state index contributed by atoms with van der Waals surface area (Å²) in [5, 5.41) is 9.34.